The first-order chi connectivity index (χ1) is 10.6. The van der Waals surface area contributed by atoms with E-state index in [1.54, 1.807) is 18.4 Å². The number of aromatic nitrogens is 1. The van der Waals surface area contributed by atoms with Crippen LogP contribution in [0.25, 0.3) is 0 Å². The molecule has 2 rings (SSSR count). The van der Waals surface area contributed by atoms with Gasteiger partial charge in [0.2, 0.25) is 5.91 Å². The zero-order chi connectivity index (χ0) is 15.9. The van der Waals surface area contributed by atoms with Crippen molar-refractivity contribution in [1.82, 2.24) is 10.3 Å². The predicted molar refractivity (Wildman–Crippen MR) is 89.4 cm³/mol. The minimum Gasteiger partial charge on any atom is -0.497 e. The summed E-state index contributed by atoms with van der Waals surface area (Å²) < 4.78 is 5.18. The molecule has 118 valence electrons. The van der Waals surface area contributed by atoms with E-state index >= 15 is 0 Å². The molecule has 1 aromatic carbocycles. The zero-order valence-corrected chi connectivity index (χ0v) is 14.1. The van der Waals surface area contributed by atoms with Crippen LogP contribution in [-0.4, -0.2) is 18.0 Å². The van der Waals surface area contributed by atoms with Crippen molar-refractivity contribution in [3.05, 3.63) is 45.9 Å². The fraction of sp³-hybridized carbons (Fsp3) is 0.412. The maximum absolute atomic E-state index is 11.9. The Morgan fingerprint density at radius 2 is 2.23 bits per heavy atom. The fourth-order valence-electron chi connectivity index (χ4n) is 2.03. The highest BCUT2D eigenvalue weighted by Crippen LogP contribution is 2.19. The monoisotopic (exact) mass is 318 g/mol. The Balaban J connectivity index is 1.77. The number of hydrogen-bond acceptors (Lipinski definition) is 4. The second kappa shape index (κ2) is 7.94. The van der Waals surface area contributed by atoms with Crippen molar-refractivity contribution >= 4 is 17.2 Å². The molecule has 2 aromatic rings. The molecule has 0 aliphatic carbocycles. The maximum atomic E-state index is 11.9. The first-order valence-corrected chi connectivity index (χ1v) is 8.30. The quantitative estimate of drug-likeness (QED) is 0.850. The largest absolute Gasteiger partial charge is 0.497 e. The molecule has 0 saturated heterocycles. The lowest BCUT2D eigenvalue weighted by Crippen LogP contribution is -2.23. The standard InChI is InChI=1S/C17H22N2O2S/c1-12(2)17-19-14(11-22-17)10-18-16(20)8-7-13-5-4-6-15(9-13)21-3/h4-6,9,11-12H,7-8,10H2,1-3H3,(H,18,20). The molecular formula is C17H22N2O2S. The van der Waals surface area contributed by atoms with E-state index in [-0.39, 0.29) is 5.91 Å². The lowest BCUT2D eigenvalue weighted by atomic mass is 10.1. The molecular weight excluding hydrogens is 296 g/mol. The van der Waals surface area contributed by atoms with Gasteiger partial charge in [-0.3, -0.25) is 4.79 Å². The second-order valence-electron chi connectivity index (χ2n) is 5.46. The van der Waals surface area contributed by atoms with Crippen LogP contribution in [-0.2, 0) is 17.8 Å². The van der Waals surface area contributed by atoms with Gasteiger partial charge in [0.15, 0.2) is 0 Å². The highest BCUT2D eigenvalue weighted by molar-refractivity contribution is 7.09. The summed E-state index contributed by atoms with van der Waals surface area (Å²) in [7, 11) is 1.64. The van der Waals surface area contributed by atoms with E-state index in [4.69, 9.17) is 4.74 Å². The van der Waals surface area contributed by atoms with Gasteiger partial charge < -0.3 is 10.1 Å². The smallest absolute Gasteiger partial charge is 0.220 e. The predicted octanol–water partition coefficient (Wildman–Crippen LogP) is 3.52. The van der Waals surface area contributed by atoms with Gasteiger partial charge >= 0.3 is 0 Å². The summed E-state index contributed by atoms with van der Waals surface area (Å²) in [5.74, 6) is 1.30. The van der Waals surface area contributed by atoms with Crippen molar-refractivity contribution in [2.75, 3.05) is 7.11 Å². The number of benzene rings is 1. The second-order valence-corrected chi connectivity index (χ2v) is 6.35. The van der Waals surface area contributed by atoms with Crippen molar-refractivity contribution in [2.45, 2.75) is 39.2 Å². The van der Waals surface area contributed by atoms with Crippen LogP contribution in [0.4, 0.5) is 0 Å². The van der Waals surface area contributed by atoms with E-state index in [9.17, 15) is 4.79 Å². The third-order valence-electron chi connectivity index (χ3n) is 3.30. The molecule has 1 heterocycles. The summed E-state index contributed by atoms with van der Waals surface area (Å²) in [5, 5.41) is 6.05. The number of carbonyl (C=O) groups excluding carboxylic acids is 1. The van der Waals surface area contributed by atoms with Crippen LogP contribution >= 0.6 is 11.3 Å². The summed E-state index contributed by atoms with van der Waals surface area (Å²) in [5.41, 5.74) is 2.04. The molecule has 4 nitrogen and oxygen atoms in total. The van der Waals surface area contributed by atoms with Crippen molar-refractivity contribution in [3.63, 3.8) is 0 Å². The maximum Gasteiger partial charge on any atom is 0.220 e. The third-order valence-corrected chi connectivity index (χ3v) is 4.50. The summed E-state index contributed by atoms with van der Waals surface area (Å²) in [6.07, 6.45) is 1.17. The Kier molecular flexibility index (Phi) is 5.95. The van der Waals surface area contributed by atoms with Crippen LogP contribution < -0.4 is 10.1 Å². The highest BCUT2D eigenvalue weighted by Gasteiger charge is 2.07. The minimum atomic E-state index is 0.0434. The van der Waals surface area contributed by atoms with E-state index in [0.29, 0.717) is 25.3 Å². The van der Waals surface area contributed by atoms with Gasteiger partial charge in [-0.05, 0) is 24.1 Å². The topological polar surface area (TPSA) is 51.2 Å². The molecule has 22 heavy (non-hydrogen) atoms. The van der Waals surface area contributed by atoms with Crippen molar-refractivity contribution in [2.24, 2.45) is 0 Å². The number of thiazole rings is 1. The Labute approximate surface area is 135 Å². The summed E-state index contributed by atoms with van der Waals surface area (Å²) in [6.45, 7) is 4.74. The molecule has 1 amide bonds. The van der Waals surface area contributed by atoms with E-state index in [0.717, 1.165) is 22.0 Å². The van der Waals surface area contributed by atoms with Crippen LogP contribution in [0.2, 0.25) is 0 Å². The lowest BCUT2D eigenvalue weighted by molar-refractivity contribution is -0.121. The van der Waals surface area contributed by atoms with E-state index < -0.39 is 0 Å². The molecule has 0 spiro atoms. The van der Waals surface area contributed by atoms with Crippen molar-refractivity contribution < 1.29 is 9.53 Å². The molecule has 1 N–H and O–H groups in total. The van der Waals surface area contributed by atoms with Crippen molar-refractivity contribution in [1.29, 1.82) is 0 Å². The average Bonchev–Trinajstić information content (AvgIpc) is 3.00. The van der Waals surface area contributed by atoms with Crippen LogP contribution in [0.5, 0.6) is 5.75 Å². The third kappa shape index (κ3) is 4.84. The molecule has 0 radical (unpaired) electrons. The van der Waals surface area contributed by atoms with Crippen LogP contribution in [0.3, 0.4) is 0 Å². The number of rotatable bonds is 7. The van der Waals surface area contributed by atoms with Crippen LogP contribution in [0, 0.1) is 0 Å². The Bertz CT molecular complexity index is 623. The van der Waals surface area contributed by atoms with Crippen LogP contribution in [0.1, 0.15) is 42.5 Å². The summed E-state index contributed by atoms with van der Waals surface area (Å²) >= 11 is 1.65. The number of hydrogen-bond donors (Lipinski definition) is 1. The molecule has 0 saturated carbocycles. The Morgan fingerprint density at radius 1 is 1.41 bits per heavy atom. The molecule has 0 aliphatic rings. The van der Waals surface area contributed by atoms with Gasteiger partial charge in [0.25, 0.3) is 0 Å². The van der Waals surface area contributed by atoms with Crippen molar-refractivity contribution in [3.8, 4) is 5.75 Å². The molecule has 0 atom stereocenters. The number of amides is 1. The summed E-state index contributed by atoms with van der Waals surface area (Å²) in [6, 6.07) is 7.81. The van der Waals surface area contributed by atoms with Gasteiger partial charge in [-0.2, -0.15) is 0 Å². The van der Waals surface area contributed by atoms with Gasteiger partial charge in [-0.25, -0.2) is 4.98 Å². The van der Waals surface area contributed by atoms with Gasteiger partial charge in [-0.1, -0.05) is 26.0 Å². The van der Waals surface area contributed by atoms with Crippen LogP contribution in [0.15, 0.2) is 29.6 Å². The first-order valence-electron chi connectivity index (χ1n) is 7.42. The molecule has 0 unspecified atom stereocenters. The number of methoxy groups -OCH3 is 1. The number of nitrogens with one attached hydrogen (secondary N) is 1. The Morgan fingerprint density at radius 3 is 2.91 bits per heavy atom. The van der Waals surface area contributed by atoms with Gasteiger partial charge in [0.1, 0.15) is 5.75 Å². The normalized spacial score (nSPS) is 10.7. The van der Waals surface area contributed by atoms with E-state index in [1.807, 2.05) is 29.6 Å². The number of ether oxygens (including phenoxy) is 1. The summed E-state index contributed by atoms with van der Waals surface area (Å²) in [4.78, 5) is 16.4. The zero-order valence-electron chi connectivity index (χ0n) is 13.3. The lowest BCUT2D eigenvalue weighted by Gasteiger charge is -2.05. The molecule has 0 bridgehead atoms. The number of nitrogens with zero attached hydrogens (tertiary/aromatic N) is 1. The first kappa shape index (κ1) is 16.5. The molecule has 1 aromatic heterocycles. The molecule has 0 fully saturated rings. The van der Waals surface area contributed by atoms with Gasteiger partial charge in [-0.15, -0.1) is 11.3 Å². The SMILES string of the molecule is COc1cccc(CCC(=O)NCc2csc(C(C)C)n2)c1. The fourth-order valence-corrected chi connectivity index (χ4v) is 2.87. The molecule has 0 aliphatic heterocycles. The minimum absolute atomic E-state index is 0.0434. The Hall–Kier alpha value is -1.88. The van der Waals surface area contributed by atoms with Gasteiger partial charge in [0.05, 0.1) is 24.4 Å². The average molecular weight is 318 g/mol. The highest BCUT2D eigenvalue weighted by atomic mass is 32.1. The van der Waals surface area contributed by atoms with Gasteiger partial charge in [0, 0.05) is 17.7 Å². The number of aryl methyl sites for hydroxylation is 1. The van der Waals surface area contributed by atoms with E-state index in [2.05, 4.69) is 24.1 Å². The van der Waals surface area contributed by atoms with E-state index in [1.165, 1.54) is 0 Å². The molecule has 5 heteroatoms. The number of carbonyl (C=O) groups is 1.